The predicted molar refractivity (Wildman–Crippen MR) is 144 cm³/mol. The van der Waals surface area contributed by atoms with Gasteiger partial charge in [-0.05, 0) is 81.8 Å². The molecule has 1 N–H and O–H groups in total. The molecule has 3 amide bonds. The fourth-order valence-electron chi connectivity index (χ4n) is 3.44. The first-order chi connectivity index (χ1) is 17.9. The molecule has 0 radical (unpaired) electrons. The number of benzene rings is 3. The number of hydrogen-bond donors (Lipinski definition) is 1. The summed E-state index contributed by atoms with van der Waals surface area (Å²) in [5, 5.41) is 11.4. The summed E-state index contributed by atoms with van der Waals surface area (Å²) in [6.07, 6.45) is 1.59. The maximum absolute atomic E-state index is 12.8. The molecule has 0 atom stereocenters. The number of carbonyl (C=O) groups is 3. The molecule has 3 aromatic carbocycles. The summed E-state index contributed by atoms with van der Waals surface area (Å²) in [5.41, 5.74) is 2.51. The van der Waals surface area contributed by atoms with Gasteiger partial charge >= 0.3 is 0 Å². The van der Waals surface area contributed by atoms with E-state index in [1.54, 1.807) is 67.8 Å². The lowest BCUT2D eigenvalue weighted by molar-refractivity contribution is -0.127. The molecule has 8 nitrogen and oxygen atoms in total. The SMILES string of the molecule is COc1ccc(NC(=O)CN2C(=O)S/C(=C/c3ccc(OCc4ccccc4C#N)c(Br)c3)C2=O)cc1. The van der Waals surface area contributed by atoms with Gasteiger partial charge in [-0.25, -0.2) is 0 Å². The van der Waals surface area contributed by atoms with Crippen molar-refractivity contribution in [2.75, 3.05) is 19.0 Å². The molecular formula is C27H20BrN3O5S. The Kier molecular flexibility index (Phi) is 8.28. The van der Waals surface area contributed by atoms with Crippen LogP contribution in [0.3, 0.4) is 0 Å². The van der Waals surface area contributed by atoms with Gasteiger partial charge in [0.2, 0.25) is 5.91 Å². The van der Waals surface area contributed by atoms with E-state index in [0.29, 0.717) is 32.8 Å². The Morgan fingerprint density at radius 3 is 2.59 bits per heavy atom. The van der Waals surface area contributed by atoms with Crippen molar-refractivity contribution in [3.63, 3.8) is 0 Å². The number of nitrogens with zero attached hydrogens (tertiary/aromatic N) is 2. The van der Waals surface area contributed by atoms with E-state index in [1.165, 1.54) is 0 Å². The van der Waals surface area contributed by atoms with Crippen molar-refractivity contribution in [1.82, 2.24) is 4.90 Å². The summed E-state index contributed by atoms with van der Waals surface area (Å²) < 4.78 is 11.6. The van der Waals surface area contributed by atoms with Crippen LogP contribution in [-0.4, -0.2) is 35.6 Å². The third-order valence-electron chi connectivity index (χ3n) is 5.32. The van der Waals surface area contributed by atoms with Gasteiger partial charge < -0.3 is 14.8 Å². The number of carbonyl (C=O) groups excluding carboxylic acids is 3. The third-order valence-corrected chi connectivity index (χ3v) is 6.85. The molecule has 37 heavy (non-hydrogen) atoms. The third kappa shape index (κ3) is 6.39. The second-order valence-electron chi connectivity index (χ2n) is 7.79. The summed E-state index contributed by atoms with van der Waals surface area (Å²) >= 11 is 4.25. The van der Waals surface area contributed by atoms with Crippen molar-refractivity contribution in [1.29, 1.82) is 5.26 Å². The average molecular weight is 578 g/mol. The normalized spacial score (nSPS) is 14.0. The Morgan fingerprint density at radius 1 is 1.14 bits per heavy atom. The highest BCUT2D eigenvalue weighted by Gasteiger charge is 2.36. The Morgan fingerprint density at radius 2 is 1.89 bits per heavy atom. The largest absolute Gasteiger partial charge is 0.497 e. The number of methoxy groups -OCH3 is 1. The van der Waals surface area contributed by atoms with Crippen LogP contribution in [0.25, 0.3) is 6.08 Å². The van der Waals surface area contributed by atoms with Crippen LogP contribution in [0, 0.1) is 11.3 Å². The van der Waals surface area contributed by atoms with E-state index < -0.39 is 23.6 Å². The zero-order valence-corrected chi connectivity index (χ0v) is 22.0. The van der Waals surface area contributed by atoms with E-state index >= 15 is 0 Å². The molecule has 10 heteroatoms. The number of rotatable bonds is 8. The molecule has 1 saturated heterocycles. The molecule has 0 saturated carbocycles. The lowest BCUT2D eigenvalue weighted by Crippen LogP contribution is -2.36. The van der Waals surface area contributed by atoms with Gasteiger partial charge in [-0.15, -0.1) is 0 Å². The Hall–Kier alpha value is -4.07. The Balaban J connectivity index is 1.39. The monoisotopic (exact) mass is 577 g/mol. The summed E-state index contributed by atoms with van der Waals surface area (Å²) in [4.78, 5) is 38.8. The number of nitrogens with one attached hydrogen (secondary N) is 1. The van der Waals surface area contributed by atoms with Gasteiger partial charge in [-0.2, -0.15) is 5.26 Å². The number of thioether (sulfide) groups is 1. The standard InChI is InChI=1S/C27H20BrN3O5S/c1-35-21-9-7-20(8-10-21)30-25(32)15-31-26(33)24(37-27(31)34)13-17-6-11-23(22(28)12-17)36-16-19-5-3-2-4-18(19)14-29/h2-13H,15-16H2,1H3,(H,30,32)/b24-13+. The lowest BCUT2D eigenvalue weighted by Gasteiger charge is -2.12. The van der Waals surface area contributed by atoms with Gasteiger partial charge in [-0.3, -0.25) is 19.3 Å². The van der Waals surface area contributed by atoms with Crippen LogP contribution >= 0.6 is 27.7 Å². The van der Waals surface area contributed by atoms with Gasteiger partial charge in [0.15, 0.2) is 0 Å². The first-order valence-corrected chi connectivity index (χ1v) is 12.6. The Bertz CT molecular complexity index is 1430. The molecule has 3 aromatic rings. The van der Waals surface area contributed by atoms with Crippen molar-refractivity contribution in [3.8, 4) is 17.6 Å². The molecule has 0 bridgehead atoms. The van der Waals surface area contributed by atoms with Gasteiger partial charge in [0.25, 0.3) is 11.1 Å². The topological polar surface area (TPSA) is 109 Å². The lowest BCUT2D eigenvalue weighted by atomic mass is 10.1. The van der Waals surface area contributed by atoms with Crippen LogP contribution in [0.5, 0.6) is 11.5 Å². The van der Waals surface area contributed by atoms with E-state index in [0.717, 1.165) is 22.2 Å². The Labute approximate surface area is 226 Å². The van der Waals surface area contributed by atoms with Crippen LogP contribution in [0.15, 0.2) is 76.1 Å². The molecule has 186 valence electrons. The molecule has 4 rings (SSSR count). The minimum Gasteiger partial charge on any atom is -0.497 e. The molecule has 0 aliphatic carbocycles. The fraction of sp³-hybridized carbons (Fsp3) is 0.111. The maximum atomic E-state index is 12.8. The highest BCUT2D eigenvalue weighted by Crippen LogP contribution is 2.34. The molecule has 0 aromatic heterocycles. The van der Waals surface area contributed by atoms with Crippen molar-refractivity contribution in [3.05, 3.63) is 92.8 Å². The van der Waals surface area contributed by atoms with Crippen molar-refractivity contribution >= 4 is 56.5 Å². The second-order valence-corrected chi connectivity index (χ2v) is 9.64. The number of amides is 3. The number of nitriles is 1. The van der Waals surface area contributed by atoms with Crippen molar-refractivity contribution in [2.24, 2.45) is 0 Å². The predicted octanol–water partition coefficient (Wildman–Crippen LogP) is 5.58. The minimum atomic E-state index is -0.538. The van der Waals surface area contributed by atoms with E-state index in [9.17, 15) is 19.6 Å². The van der Waals surface area contributed by atoms with Gasteiger partial charge in [0.05, 0.1) is 28.1 Å². The van der Waals surface area contributed by atoms with E-state index in [4.69, 9.17) is 9.47 Å². The molecule has 1 aliphatic rings. The summed E-state index contributed by atoms with van der Waals surface area (Å²) in [6.45, 7) is -0.173. The molecule has 1 fully saturated rings. The fourth-order valence-corrected chi connectivity index (χ4v) is 4.79. The highest BCUT2D eigenvalue weighted by atomic mass is 79.9. The molecule has 0 unspecified atom stereocenters. The first kappa shape index (κ1) is 26.0. The number of hydrogen-bond acceptors (Lipinski definition) is 7. The number of imide groups is 1. The van der Waals surface area contributed by atoms with Crippen molar-refractivity contribution in [2.45, 2.75) is 6.61 Å². The maximum Gasteiger partial charge on any atom is 0.294 e. The smallest absolute Gasteiger partial charge is 0.294 e. The first-order valence-electron chi connectivity index (χ1n) is 11.0. The summed E-state index contributed by atoms with van der Waals surface area (Å²) in [7, 11) is 1.54. The molecular weight excluding hydrogens is 558 g/mol. The number of halogens is 1. The minimum absolute atomic E-state index is 0.214. The second kappa shape index (κ2) is 11.8. The average Bonchev–Trinajstić information content (AvgIpc) is 3.16. The molecule has 1 aliphatic heterocycles. The quantitative estimate of drug-likeness (QED) is 0.348. The van der Waals surface area contributed by atoms with Crippen molar-refractivity contribution < 1.29 is 23.9 Å². The zero-order valence-electron chi connectivity index (χ0n) is 19.6. The number of anilines is 1. The summed E-state index contributed by atoms with van der Waals surface area (Å²) in [6, 6.07) is 21.3. The van der Waals surface area contributed by atoms with Gasteiger partial charge in [-0.1, -0.05) is 24.3 Å². The van der Waals surface area contributed by atoms with E-state index in [1.807, 2.05) is 12.1 Å². The zero-order chi connectivity index (χ0) is 26.4. The van der Waals surface area contributed by atoms with Crippen LogP contribution in [-0.2, 0) is 16.2 Å². The van der Waals surface area contributed by atoms with Gasteiger partial charge in [0, 0.05) is 11.3 Å². The highest BCUT2D eigenvalue weighted by molar-refractivity contribution is 9.10. The van der Waals surface area contributed by atoms with E-state index in [2.05, 4.69) is 27.3 Å². The van der Waals surface area contributed by atoms with Crippen LogP contribution in [0.1, 0.15) is 16.7 Å². The number of ether oxygens (including phenoxy) is 2. The van der Waals surface area contributed by atoms with E-state index in [-0.39, 0.29) is 11.5 Å². The van der Waals surface area contributed by atoms with Crippen LogP contribution in [0.2, 0.25) is 0 Å². The van der Waals surface area contributed by atoms with Crippen LogP contribution in [0.4, 0.5) is 10.5 Å². The molecule has 0 spiro atoms. The molecule has 1 heterocycles. The van der Waals surface area contributed by atoms with Crippen LogP contribution < -0.4 is 14.8 Å². The summed E-state index contributed by atoms with van der Waals surface area (Å²) in [5.74, 6) is 0.179. The van der Waals surface area contributed by atoms with Gasteiger partial charge in [0.1, 0.15) is 24.7 Å².